The van der Waals surface area contributed by atoms with Crippen LogP contribution < -0.4 is 26.4 Å². The van der Waals surface area contributed by atoms with Crippen molar-refractivity contribution in [1.82, 2.24) is 0 Å². The molecule has 0 spiro atoms. The second-order valence-corrected chi connectivity index (χ2v) is 14.1. The van der Waals surface area contributed by atoms with Gasteiger partial charge in [-0.2, -0.15) is 127 Å². The van der Waals surface area contributed by atoms with Crippen molar-refractivity contribution in [2.75, 3.05) is 0 Å². The fourth-order valence-corrected chi connectivity index (χ4v) is 6.78. The summed E-state index contributed by atoms with van der Waals surface area (Å²) in [6.07, 6.45) is -48.9. The lowest BCUT2D eigenvalue weighted by Crippen LogP contribution is -2.75. The highest BCUT2D eigenvalue weighted by Gasteiger charge is 2.47. The van der Waals surface area contributed by atoms with Crippen molar-refractivity contribution in [3.63, 3.8) is 0 Å². The minimum Gasteiger partial charge on any atom is -0.201 e. The van der Waals surface area contributed by atoms with Gasteiger partial charge in [0.2, 0.25) is 0 Å². The van der Waals surface area contributed by atoms with Crippen LogP contribution in [0, 0.1) is 0 Å². The monoisotopic (exact) mass is 983 g/mol. The Balaban J connectivity index is 0.000000942. The van der Waals surface area contributed by atoms with Gasteiger partial charge in [0.25, 0.3) is 0 Å². The zero-order chi connectivity index (χ0) is 50.4. The van der Waals surface area contributed by atoms with E-state index >= 15 is 0 Å². The number of aromatic nitrogens is 1. The summed E-state index contributed by atoms with van der Waals surface area (Å²) in [7, 11) is 0. The molecule has 0 unspecified atom stereocenters. The molecule has 5 rings (SSSR count). The molecule has 0 aliphatic rings. The molecular formula is C40H22BF24N. The maximum atomic E-state index is 14.2. The van der Waals surface area contributed by atoms with E-state index < -0.39 is 195 Å². The Hall–Kier alpha value is -5.85. The SMILES string of the molecule is C=CC[n+]1ccccc1.FC(F)(F)c1cc([B-](c2cc(C(F)(F)F)cc(C(F)(F)F)c2)(c2cc(C(F)(F)F)cc(C(F)(F)F)c2)c2cc(C(F)(F)F)cc(C(F)(F)F)c2)cc(C(F)(F)F)c1. The van der Waals surface area contributed by atoms with Crippen LogP contribution in [0.1, 0.15) is 44.5 Å². The van der Waals surface area contributed by atoms with Crippen LogP contribution in [0.5, 0.6) is 0 Å². The highest BCUT2D eigenvalue weighted by atomic mass is 19.4. The van der Waals surface area contributed by atoms with Gasteiger partial charge in [-0.25, -0.2) is 4.57 Å². The number of allylic oxidation sites excluding steroid dienone is 1. The van der Waals surface area contributed by atoms with Crippen LogP contribution in [0.2, 0.25) is 0 Å². The molecule has 0 amide bonds. The van der Waals surface area contributed by atoms with Gasteiger partial charge in [0.15, 0.2) is 18.9 Å². The van der Waals surface area contributed by atoms with Crippen molar-refractivity contribution in [3.8, 4) is 0 Å². The zero-order valence-corrected chi connectivity index (χ0v) is 31.9. The van der Waals surface area contributed by atoms with Crippen molar-refractivity contribution < 1.29 is 110 Å². The summed E-state index contributed by atoms with van der Waals surface area (Å²) < 4.78 is 343. The highest BCUT2D eigenvalue weighted by Crippen LogP contribution is 2.41. The lowest BCUT2D eigenvalue weighted by atomic mass is 9.12. The van der Waals surface area contributed by atoms with Gasteiger partial charge in [-0.1, -0.05) is 61.2 Å². The van der Waals surface area contributed by atoms with E-state index in [0.29, 0.717) is 0 Å². The predicted octanol–water partition coefficient (Wildman–Crippen LogP) is 12.4. The lowest BCUT2D eigenvalue weighted by molar-refractivity contribution is -0.687. The average molecular weight is 983 g/mol. The topological polar surface area (TPSA) is 3.88 Å². The van der Waals surface area contributed by atoms with Gasteiger partial charge in [0.1, 0.15) is 6.15 Å². The summed E-state index contributed by atoms with van der Waals surface area (Å²) >= 11 is 0. The first-order valence-corrected chi connectivity index (χ1v) is 17.6. The third kappa shape index (κ3) is 12.1. The number of alkyl halides is 24. The molecule has 358 valence electrons. The number of halogens is 24. The van der Waals surface area contributed by atoms with Gasteiger partial charge >= 0.3 is 49.4 Å². The van der Waals surface area contributed by atoms with Crippen LogP contribution in [-0.4, -0.2) is 6.15 Å². The zero-order valence-electron chi connectivity index (χ0n) is 31.9. The molecule has 66 heavy (non-hydrogen) atoms. The van der Waals surface area contributed by atoms with Gasteiger partial charge in [-0.15, -0.1) is 0 Å². The van der Waals surface area contributed by atoms with Crippen LogP contribution in [0.25, 0.3) is 0 Å². The summed E-state index contributed by atoms with van der Waals surface area (Å²) in [5, 5.41) is 0. The van der Waals surface area contributed by atoms with Crippen LogP contribution in [0.15, 0.2) is 116 Å². The molecule has 0 aliphatic carbocycles. The van der Waals surface area contributed by atoms with Gasteiger partial charge < -0.3 is 0 Å². The molecule has 1 nitrogen and oxygen atoms in total. The third-order valence-corrected chi connectivity index (χ3v) is 9.56. The van der Waals surface area contributed by atoms with Gasteiger partial charge in [0.05, 0.1) is 44.5 Å². The molecule has 26 heteroatoms. The molecule has 0 saturated carbocycles. The molecule has 0 bridgehead atoms. The standard InChI is InChI=1S/C32H12BF24.C8H10N/c34-25(35,36)13-1-14(26(37,38)39)6-21(5-13)33(22-7-15(27(40,41)42)2-16(8-22)28(43,44)45,23-9-17(29(46,47)48)3-18(10-23)30(49,50)51)24-11-19(31(52,53)54)4-20(12-24)32(55,56)57;1-2-6-9-7-4-3-5-8-9/h1-12H;2-5,7-8H,1,6H2/q-1;+1. The Labute approximate surface area is 354 Å². The first-order valence-electron chi connectivity index (χ1n) is 17.6. The molecular weight excluding hydrogens is 961 g/mol. The Morgan fingerprint density at radius 2 is 0.500 bits per heavy atom. The van der Waals surface area contributed by atoms with E-state index in [0.717, 1.165) is 6.54 Å². The van der Waals surface area contributed by atoms with Crippen LogP contribution in [0.3, 0.4) is 0 Å². The minimum atomic E-state index is -6.13. The maximum Gasteiger partial charge on any atom is 0.416 e. The Kier molecular flexibility index (Phi) is 14.2. The van der Waals surface area contributed by atoms with E-state index in [2.05, 4.69) is 11.1 Å². The molecule has 1 aromatic heterocycles. The molecule has 0 atom stereocenters. The van der Waals surface area contributed by atoms with E-state index in [1.54, 1.807) is 0 Å². The van der Waals surface area contributed by atoms with Gasteiger partial charge in [0, 0.05) is 12.1 Å². The van der Waals surface area contributed by atoms with E-state index in [1.165, 1.54) is 0 Å². The second-order valence-electron chi connectivity index (χ2n) is 14.1. The van der Waals surface area contributed by atoms with Crippen molar-refractivity contribution in [2.24, 2.45) is 0 Å². The smallest absolute Gasteiger partial charge is 0.201 e. The normalized spacial score (nSPS) is 13.6. The number of benzene rings is 4. The number of hydrogen-bond acceptors (Lipinski definition) is 0. The Bertz CT molecular complexity index is 2080. The first-order chi connectivity index (χ1) is 29.7. The van der Waals surface area contributed by atoms with Crippen molar-refractivity contribution in [3.05, 3.63) is 161 Å². The first kappa shape index (κ1) is 52.8. The third-order valence-electron chi connectivity index (χ3n) is 9.56. The Morgan fingerprint density at radius 1 is 0.318 bits per heavy atom. The predicted molar refractivity (Wildman–Crippen MR) is 187 cm³/mol. The van der Waals surface area contributed by atoms with E-state index in [1.807, 2.05) is 36.7 Å². The van der Waals surface area contributed by atoms with E-state index in [-0.39, 0.29) is 0 Å². The maximum absolute atomic E-state index is 14.2. The van der Waals surface area contributed by atoms with E-state index in [4.69, 9.17) is 0 Å². The summed E-state index contributed by atoms with van der Waals surface area (Å²) in [6.45, 7) is 4.52. The number of hydrogen-bond donors (Lipinski definition) is 0. The quantitative estimate of drug-likeness (QED) is 0.0691. The van der Waals surface area contributed by atoms with Gasteiger partial charge in [-0.3, -0.25) is 0 Å². The molecule has 5 aromatic rings. The molecule has 0 fully saturated rings. The molecule has 0 radical (unpaired) electrons. The highest BCUT2D eigenvalue weighted by molar-refractivity contribution is 7.20. The largest absolute Gasteiger partial charge is 0.416 e. The van der Waals surface area contributed by atoms with Crippen LogP contribution in [-0.2, 0) is 56.0 Å². The van der Waals surface area contributed by atoms with Crippen LogP contribution >= 0.6 is 0 Å². The fraction of sp³-hybridized carbons (Fsp3) is 0.225. The minimum absolute atomic E-state index is 0.691. The van der Waals surface area contributed by atoms with Crippen molar-refractivity contribution in [1.29, 1.82) is 0 Å². The van der Waals surface area contributed by atoms with E-state index in [9.17, 15) is 105 Å². The van der Waals surface area contributed by atoms with Crippen molar-refractivity contribution in [2.45, 2.75) is 56.0 Å². The summed E-state index contributed by atoms with van der Waals surface area (Å²) in [5.74, 6) is 0. The number of rotatable bonds is 6. The van der Waals surface area contributed by atoms with Gasteiger partial charge in [-0.05, 0) is 30.3 Å². The average Bonchev–Trinajstić information content (AvgIpc) is 3.16. The number of pyridine rings is 1. The van der Waals surface area contributed by atoms with Crippen LogP contribution in [0.4, 0.5) is 105 Å². The summed E-state index contributed by atoms with van der Waals surface area (Å²) in [5.41, 5.74) is -30.2. The Morgan fingerprint density at radius 3 is 0.652 bits per heavy atom. The summed E-state index contributed by atoms with van der Waals surface area (Å²) in [4.78, 5) is 0. The lowest BCUT2D eigenvalue weighted by Gasteiger charge is -2.46. The molecule has 4 aromatic carbocycles. The second kappa shape index (κ2) is 17.8. The molecule has 1 heterocycles. The molecule has 0 aliphatic heterocycles. The molecule has 0 saturated heterocycles. The summed E-state index contributed by atoms with van der Waals surface area (Å²) in [6, 6.07) is -2.80. The fourth-order valence-electron chi connectivity index (χ4n) is 6.78. The molecule has 0 N–H and O–H groups in total. The van der Waals surface area contributed by atoms with Crippen molar-refractivity contribution >= 4 is 28.0 Å². The number of nitrogens with zero attached hydrogens (tertiary/aromatic N) is 1.